The molecule has 2 rings (SSSR count). The van der Waals surface area contributed by atoms with E-state index < -0.39 is 5.97 Å². The van der Waals surface area contributed by atoms with E-state index in [9.17, 15) is 9.59 Å². The highest BCUT2D eigenvalue weighted by molar-refractivity contribution is 5.91. The molecule has 0 fully saturated rings. The lowest BCUT2D eigenvalue weighted by Crippen LogP contribution is -2.07. The fourth-order valence-electron chi connectivity index (χ4n) is 1.67. The number of hydrogen-bond acceptors (Lipinski definition) is 4. The van der Waals surface area contributed by atoms with Gasteiger partial charge in [-0.25, -0.2) is 9.78 Å². The number of ether oxygens (including phenoxy) is 1. The summed E-state index contributed by atoms with van der Waals surface area (Å²) in [6.45, 7) is 3.55. The van der Waals surface area contributed by atoms with Gasteiger partial charge in [-0.15, -0.1) is 0 Å². The highest BCUT2D eigenvalue weighted by Gasteiger charge is 2.12. The normalized spacial score (nSPS) is 11.1. The van der Waals surface area contributed by atoms with Crippen molar-refractivity contribution in [3.63, 3.8) is 0 Å². The third-order valence-corrected chi connectivity index (χ3v) is 2.52. The van der Waals surface area contributed by atoms with Crippen LogP contribution in [0, 0.1) is 0 Å². The van der Waals surface area contributed by atoms with E-state index in [0.717, 1.165) is 5.56 Å². The van der Waals surface area contributed by atoms with Gasteiger partial charge in [0.15, 0.2) is 11.5 Å². The fourth-order valence-corrected chi connectivity index (χ4v) is 1.67. The number of carbonyl (C=O) groups is 2. The molecule has 0 saturated carbocycles. The maximum atomic E-state index is 11.7. The molecule has 0 aliphatic rings. The summed E-state index contributed by atoms with van der Waals surface area (Å²) in [7, 11) is 0. The number of rotatable bonds is 4. The standard InChI is InChI=1S/C14H14N2O3/c1-3-19-14(18)12-8-15-13-7-6-11(9-16(12)13)5-4-10(2)17/h4-9H,3H2,1-2H3. The van der Waals surface area contributed by atoms with E-state index in [1.54, 1.807) is 29.7 Å². The average Bonchev–Trinajstić information content (AvgIpc) is 2.79. The molecule has 0 amide bonds. The van der Waals surface area contributed by atoms with Gasteiger partial charge in [-0.05, 0) is 43.7 Å². The molecule has 5 nitrogen and oxygen atoms in total. The number of pyridine rings is 1. The summed E-state index contributed by atoms with van der Waals surface area (Å²) in [5.74, 6) is -0.445. The quantitative estimate of drug-likeness (QED) is 0.622. The number of nitrogens with zero attached hydrogens (tertiary/aromatic N) is 2. The fraction of sp³-hybridized carbons (Fsp3) is 0.214. The molecule has 98 valence electrons. The van der Waals surface area contributed by atoms with Crippen molar-refractivity contribution in [2.75, 3.05) is 6.61 Å². The predicted molar refractivity (Wildman–Crippen MR) is 70.9 cm³/mol. The Hall–Kier alpha value is -2.43. The molecule has 0 aromatic carbocycles. The molecule has 0 bridgehead atoms. The Bertz CT molecular complexity index is 656. The Labute approximate surface area is 110 Å². The first kappa shape index (κ1) is 13.0. The summed E-state index contributed by atoms with van der Waals surface area (Å²) >= 11 is 0. The van der Waals surface area contributed by atoms with Gasteiger partial charge < -0.3 is 4.74 Å². The number of carbonyl (C=O) groups excluding carboxylic acids is 2. The highest BCUT2D eigenvalue weighted by Crippen LogP contribution is 2.11. The van der Waals surface area contributed by atoms with Crippen molar-refractivity contribution in [3.05, 3.63) is 41.9 Å². The van der Waals surface area contributed by atoms with Gasteiger partial charge in [-0.2, -0.15) is 0 Å². The van der Waals surface area contributed by atoms with Gasteiger partial charge in [-0.1, -0.05) is 0 Å². The smallest absolute Gasteiger partial charge is 0.356 e. The molecule has 0 aliphatic carbocycles. The molecule has 0 unspecified atom stereocenters. The van der Waals surface area contributed by atoms with E-state index >= 15 is 0 Å². The molecule has 0 spiro atoms. The lowest BCUT2D eigenvalue weighted by atomic mass is 10.2. The first-order valence-electron chi connectivity index (χ1n) is 5.94. The minimum atomic E-state index is -0.414. The summed E-state index contributed by atoms with van der Waals surface area (Å²) in [4.78, 5) is 26.8. The summed E-state index contributed by atoms with van der Waals surface area (Å²) < 4.78 is 6.61. The number of esters is 1. The molecule has 0 N–H and O–H groups in total. The van der Waals surface area contributed by atoms with Crippen molar-refractivity contribution in [1.82, 2.24) is 9.38 Å². The minimum absolute atomic E-state index is 0.0312. The molecule has 0 atom stereocenters. The Balaban J connectivity index is 2.42. The highest BCUT2D eigenvalue weighted by atomic mass is 16.5. The topological polar surface area (TPSA) is 60.7 Å². The number of allylic oxidation sites excluding steroid dienone is 1. The SMILES string of the molecule is CCOC(=O)c1cnc2ccc(C=CC(C)=O)cn12. The van der Waals surface area contributed by atoms with Crippen LogP contribution in [0.15, 0.2) is 30.6 Å². The Morgan fingerprint density at radius 1 is 1.42 bits per heavy atom. The Morgan fingerprint density at radius 3 is 2.89 bits per heavy atom. The molecule has 0 aliphatic heterocycles. The monoisotopic (exact) mass is 258 g/mol. The maximum absolute atomic E-state index is 11.7. The van der Waals surface area contributed by atoms with Gasteiger partial charge in [0.05, 0.1) is 12.8 Å². The van der Waals surface area contributed by atoms with Crippen LogP contribution in [0.4, 0.5) is 0 Å². The summed E-state index contributed by atoms with van der Waals surface area (Å²) in [5, 5.41) is 0. The van der Waals surface area contributed by atoms with E-state index in [-0.39, 0.29) is 5.78 Å². The van der Waals surface area contributed by atoms with Crippen molar-refractivity contribution in [2.45, 2.75) is 13.8 Å². The molecule has 0 saturated heterocycles. The van der Waals surface area contributed by atoms with Crippen molar-refractivity contribution < 1.29 is 14.3 Å². The molecule has 0 radical (unpaired) electrons. The van der Waals surface area contributed by atoms with E-state index in [0.29, 0.717) is 17.9 Å². The molecular weight excluding hydrogens is 244 g/mol. The maximum Gasteiger partial charge on any atom is 0.356 e. The van der Waals surface area contributed by atoms with Crippen LogP contribution in [-0.2, 0) is 9.53 Å². The van der Waals surface area contributed by atoms with Gasteiger partial charge in [0.25, 0.3) is 0 Å². The zero-order valence-corrected chi connectivity index (χ0v) is 10.8. The summed E-state index contributed by atoms with van der Waals surface area (Å²) in [6.07, 6.45) is 6.39. The van der Waals surface area contributed by atoms with Crippen molar-refractivity contribution in [2.24, 2.45) is 0 Å². The Kier molecular flexibility index (Phi) is 3.75. The van der Waals surface area contributed by atoms with Crippen LogP contribution in [0.1, 0.15) is 29.9 Å². The van der Waals surface area contributed by atoms with Gasteiger partial charge >= 0.3 is 5.97 Å². The second-order valence-corrected chi connectivity index (χ2v) is 4.00. The van der Waals surface area contributed by atoms with E-state index in [1.807, 2.05) is 6.07 Å². The number of fused-ring (bicyclic) bond motifs is 1. The second-order valence-electron chi connectivity index (χ2n) is 4.00. The third-order valence-electron chi connectivity index (χ3n) is 2.52. The van der Waals surface area contributed by atoms with Crippen molar-refractivity contribution in [3.8, 4) is 0 Å². The molecule has 2 aromatic rings. The predicted octanol–water partition coefficient (Wildman–Crippen LogP) is 2.11. The zero-order valence-electron chi connectivity index (χ0n) is 10.8. The number of hydrogen-bond donors (Lipinski definition) is 0. The molecule has 2 aromatic heterocycles. The van der Waals surface area contributed by atoms with E-state index in [2.05, 4.69) is 4.98 Å². The van der Waals surface area contributed by atoms with E-state index in [4.69, 9.17) is 4.74 Å². The van der Waals surface area contributed by atoms with Crippen LogP contribution in [0.25, 0.3) is 11.7 Å². The minimum Gasteiger partial charge on any atom is -0.461 e. The van der Waals surface area contributed by atoms with Gasteiger partial charge in [-0.3, -0.25) is 9.20 Å². The first-order valence-corrected chi connectivity index (χ1v) is 5.94. The lowest BCUT2D eigenvalue weighted by molar-refractivity contribution is -0.112. The van der Waals surface area contributed by atoms with Crippen LogP contribution < -0.4 is 0 Å². The van der Waals surface area contributed by atoms with Crippen molar-refractivity contribution in [1.29, 1.82) is 0 Å². The van der Waals surface area contributed by atoms with Crippen LogP contribution in [0.3, 0.4) is 0 Å². The van der Waals surface area contributed by atoms with Gasteiger partial charge in [0.2, 0.25) is 0 Å². The average molecular weight is 258 g/mol. The molecule has 19 heavy (non-hydrogen) atoms. The van der Waals surface area contributed by atoms with E-state index in [1.165, 1.54) is 19.2 Å². The molecule has 2 heterocycles. The summed E-state index contributed by atoms with van der Waals surface area (Å²) in [5.41, 5.74) is 1.84. The number of ketones is 1. The largest absolute Gasteiger partial charge is 0.461 e. The van der Waals surface area contributed by atoms with Crippen LogP contribution >= 0.6 is 0 Å². The summed E-state index contributed by atoms with van der Waals surface area (Å²) in [6, 6.07) is 3.61. The number of aromatic nitrogens is 2. The number of imidazole rings is 1. The molecule has 5 heteroatoms. The third kappa shape index (κ3) is 2.88. The van der Waals surface area contributed by atoms with Crippen LogP contribution in [-0.4, -0.2) is 27.7 Å². The van der Waals surface area contributed by atoms with Crippen LogP contribution in [0.5, 0.6) is 0 Å². The van der Waals surface area contributed by atoms with Gasteiger partial charge in [0.1, 0.15) is 5.65 Å². The van der Waals surface area contributed by atoms with Gasteiger partial charge in [0, 0.05) is 6.20 Å². The molecular formula is C14H14N2O3. The van der Waals surface area contributed by atoms with Crippen LogP contribution in [0.2, 0.25) is 0 Å². The zero-order chi connectivity index (χ0) is 13.8. The van der Waals surface area contributed by atoms with Crippen molar-refractivity contribution >= 4 is 23.5 Å². The second kappa shape index (κ2) is 5.48. The first-order chi connectivity index (χ1) is 9.11. The Morgan fingerprint density at radius 2 is 2.21 bits per heavy atom. The lowest BCUT2D eigenvalue weighted by Gasteiger charge is -2.02.